The van der Waals surface area contributed by atoms with Crippen LogP contribution in [0.4, 0.5) is 0 Å². The predicted octanol–water partition coefficient (Wildman–Crippen LogP) is 2.62. The van der Waals surface area contributed by atoms with Gasteiger partial charge in [-0.1, -0.05) is 12.8 Å². The second kappa shape index (κ2) is 6.41. The number of nitrogens with zero attached hydrogens (tertiary/aromatic N) is 1. The van der Waals surface area contributed by atoms with Crippen LogP contribution in [0.15, 0.2) is 29.7 Å². The number of carbonyl (C=O) groups excluding carboxylic acids is 2. The van der Waals surface area contributed by atoms with Gasteiger partial charge in [-0.2, -0.15) is 0 Å². The van der Waals surface area contributed by atoms with E-state index in [0.717, 1.165) is 32.2 Å². The van der Waals surface area contributed by atoms with Gasteiger partial charge in [0.05, 0.1) is 12.8 Å². The van der Waals surface area contributed by atoms with Gasteiger partial charge in [0.25, 0.3) is 0 Å². The molecule has 5 nitrogen and oxygen atoms in total. The first-order valence-corrected chi connectivity index (χ1v) is 6.85. The lowest BCUT2D eigenvalue weighted by Crippen LogP contribution is -2.20. The van der Waals surface area contributed by atoms with Crippen molar-refractivity contribution in [1.82, 2.24) is 4.57 Å². The Balaban J connectivity index is 2.45. The molecular formula is C15H19NO4. The van der Waals surface area contributed by atoms with Gasteiger partial charge in [0.2, 0.25) is 5.78 Å². The zero-order chi connectivity index (χ0) is 14.5. The lowest BCUT2D eigenvalue weighted by Gasteiger charge is -2.10. The fourth-order valence-electron chi connectivity index (χ4n) is 2.44. The average molecular weight is 277 g/mol. The van der Waals surface area contributed by atoms with Gasteiger partial charge in [0.1, 0.15) is 11.3 Å². The van der Waals surface area contributed by atoms with Crippen LogP contribution in [-0.2, 0) is 16.1 Å². The van der Waals surface area contributed by atoms with Crippen LogP contribution in [-0.4, -0.2) is 28.5 Å². The highest BCUT2D eigenvalue weighted by Crippen LogP contribution is 2.20. The molecule has 108 valence electrons. The number of hydrogen-bond donors (Lipinski definition) is 1. The second-order valence-electron chi connectivity index (χ2n) is 4.89. The van der Waals surface area contributed by atoms with Gasteiger partial charge in [-0.15, -0.1) is 0 Å². The summed E-state index contributed by atoms with van der Waals surface area (Å²) >= 11 is 0. The van der Waals surface area contributed by atoms with Gasteiger partial charge in [0.15, 0.2) is 0 Å². The van der Waals surface area contributed by atoms with Gasteiger partial charge in [-0.05, 0) is 25.0 Å². The van der Waals surface area contributed by atoms with Crippen LogP contribution in [0.3, 0.4) is 0 Å². The number of aliphatic hydroxyl groups excluding tert-OH is 1. The van der Waals surface area contributed by atoms with Crippen LogP contribution in [0.25, 0.3) is 0 Å². The molecule has 0 atom stereocenters. The molecule has 20 heavy (non-hydrogen) atoms. The van der Waals surface area contributed by atoms with E-state index in [1.807, 2.05) is 10.8 Å². The van der Waals surface area contributed by atoms with Gasteiger partial charge < -0.3 is 14.4 Å². The molecule has 2 heterocycles. The minimum Gasteiger partial charge on any atom is -0.511 e. The van der Waals surface area contributed by atoms with Crippen molar-refractivity contribution in [3.8, 4) is 0 Å². The molecule has 0 fully saturated rings. The number of methoxy groups -OCH3 is 1. The summed E-state index contributed by atoms with van der Waals surface area (Å²) in [5.74, 6) is -1.42. The number of Topliss-reactive ketones (excluding diaryl/α,β-unsaturated/α-hetero) is 1. The SMILES string of the molecule is COC(=O)/C1=C(\O)CCCCCCn2cccc2C1=O. The second-order valence-corrected chi connectivity index (χ2v) is 4.89. The fraction of sp³-hybridized carbons (Fsp3) is 0.467. The van der Waals surface area contributed by atoms with Crippen LogP contribution in [0.5, 0.6) is 0 Å². The topological polar surface area (TPSA) is 68.5 Å². The first-order chi connectivity index (χ1) is 9.65. The molecule has 0 unspecified atom stereocenters. The summed E-state index contributed by atoms with van der Waals surface area (Å²) < 4.78 is 6.46. The van der Waals surface area contributed by atoms with Crippen LogP contribution in [0, 0.1) is 0 Å². The number of aryl methyl sites for hydroxylation is 1. The fourth-order valence-corrected chi connectivity index (χ4v) is 2.44. The van der Waals surface area contributed by atoms with Gasteiger partial charge in [-0.3, -0.25) is 4.79 Å². The smallest absolute Gasteiger partial charge is 0.345 e. The minimum atomic E-state index is -0.778. The average Bonchev–Trinajstić information content (AvgIpc) is 2.89. The van der Waals surface area contributed by atoms with Crippen molar-refractivity contribution in [1.29, 1.82) is 0 Å². The monoisotopic (exact) mass is 277 g/mol. The Labute approximate surface area is 117 Å². The Kier molecular flexibility index (Phi) is 4.61. The molecule has 1 aromatic rings. The summed E-state index contributed by atoms with van der Waals surface area (Å²) in [4.78, 5) is 24.3. The van der Waals surface area contributed by atoms with E-state index in [2.05, 4.69) is 4.74 Å². The molecular weight excluding hydrogens is 258 g/mol. The van der Waals surface area contributed by atoms with Crippen molar-refractivity contribution in [2.45, 2.75) is 38.6 Å². The molecule has 1 aromatic heterocycles. The molecule has 1 aliphatic rings. The summed E-state index contributed by atoms with van der Waals surface area (Å²) in [5.41, 5.74) is 0.174. The molecule has 0 aromatic carbocycles. The molecule has 0 bridgehead atoms. The Hall–Kier alpha value is -2.04. The molecule has 0 aliphatic carbocycles. The number of allylic oxidation sites excluding steroid dienone is 1. The molecule has 1 N–H and O–H groups in total. The normalized spacial score (nSPS) is 20.9. The maximum Gasteiger partial charge on any atom is 0.345 e. The summed E-state index contributed by atoms with van der Waals surface area (Å²) in [5, 5.41) is 10.1. The van der Waals surface area contributed by atoms with Crippen LogP contribution >= 0.6 is 0 Å². The molecule has 0 amide bonds. The maximum atomic E-state index is 12.5. The van der Waals surface area contributed by atoms with Crippen molar-refractivity contribution in [3.05, 3.63) is 35.4 Å². The zero-order valence-corrected chi connectivity index (χ0v) is 11.6. The summed E-state index contributed by atoms with van der Waals surface area (Å²) in [6.07, 6.45) is 5.88. The summed E-state index contributed by atoms with van der Waals surface area (Å²) in [6.45, 7) is 0.739. The Morgan fingerprint density at radius 3 is 2.80 bits per heavy atom. The van der Waals surface area contributed by atoms with E-state index in [1.165, 1.54) is 7.11 Å². The number of carbonyl (C=O) groups is 2. The third-order valence-electron chi connectivity index (χ3n) is 3.53. The Bertz CT molecular complexity index is 542. The lowest BCUT2D eigenvalue weighted by molar-refractivity contribution is -0.135. The molecule has 0 saturated carbocycles. The summed E-state index contributed by atoms with van der Waals surface area (Å²) in [6, 6.07) is 3.43. The first-order valence-electron chi connectivity index (χ1n) is 6.85. The van der Waals surface area contributed by atoms with Crippen molar-refractivity contribution in [3.63, 3.8) is 0 Å². The van der Waals surface area contributed by atoms with E-state index < -0.39 is 11.8 Å². The van der Waals surface area contributed by atoms with Gasteiger partial charge in [-0.25, -0.2) is 4.79 Å². The van der Waals surface area contributed by atoms with Crippen LogP contribution in [0.2, 0.25) is 0 Å². The number of rotatable bonds is 1. The summed E-state index contributed by atoms with van der Waals surface area (Å²) in [7, 11) is 1.21. The molecule has 0 spiro atoms. The van der Waals surface area contributed by atoms with E-state index in [9.17, 15) is 14.7 Å². The van der Waals surface area contributed by atoms with Crippen LogP contribution < -0.4 is 0 Å². The highest BCUT2D eigenvalue weighted by molar-refractivity contribution is 6.24. The molecule has 1 aliphatic heterocycles. The maximum absolute atomic E-state index is 12.5. The number of ketones is 1. The van der Waals surface area contributed by atoms with Crippen molar-refractivity contribution in [2.24, 2.45) is 0 Å². The number of fused-ring (bicyclic) bond motifs is 1. The van der Waals surface area contributed by atoms with Gasteiger partial charge >= 0.3 is 5.97 Å². The first kappa shape index (κ1) is 14.4. The van der Waals surface area contributed by atoms with E-state index in [1.54, 1.807) is 12.1 Å². The largest absolute Gasteiger partial charge is 0.511 e. The minimum absolute atomic E-state index is 0.170. The van der Waals surface area contributed by atoms with Crippen molar-refractivity contribution >= 4 is 11.8 Å². The zero-order valence-electron chi connectivity index (χ0n) is 11.6. The van der Waals surface area contributed by atoms with Crippen molar-refractivity contribution < 1.29 is 19.4 Å². The van der Waals surface area contributed by atoms with E-state index in [-0.39, 0.29) is 11.3 Å². The van der Waals surface area contributed by atoms with Gasteiger partial charge in [0, 0.05) is 19.2 Å². The highest BCUT2D eigenvalue weighted by atomic mass is 16.5. The number of ether oxygens (including phenoxy) is 1. The number of aromatic nitrogens is 1. The highest BCUT2D eigenvalue weighted by Gasteiger charge is 2.27. The third-order valence-corrected chi connectivity index (χ3v) is 3.53. The third kappa shape index (κ3) is 2.92. The van der Waals surface area contributed by atoms with E-state index in [0.29, 0.717) is 12.1 Å². The Morgan fingerprint density at radius 1 is 1.30 bits per heavy atom. The molecule has 5 heteroatoms. The lowest BCUT2D eigenvalue weighted by atomic mass is 10.0. The Morgan fingerprint density at radius 2 is 2.05 bits per heavy atom. The van der Waals surface area contributed by atoms with E-state index in [4.69, 9.17) is 0 Å². The molecule has 2 rings (SSSR count). The predicted molar refractivity (Wildman–Crippen MR) is 73.5 cm³/mol. The van der Waals surface area contributed by atoms with Crippen LogP contribution in [0.1, 0.15) is 42.6 Å². The standard InChI is InChI=1S/C15H19NO4/c1-20-15(19)13-12(17)8-4-2-3-5-9-16-10-6-7-11(16)14(13)18/h6-7,10,17H,2-5,8-9H2,1H3/b13-12-. The molecule has 0 radical (unpaired) electrons. The number of esters is 1. The molecule has 0 saturated heterocycles. The number of aliphatic hydroxyl groups is 1. The number of hydrogen-bond acceptors (Lipinski definition) is 4. The van der Waals surface area contributed by atoms with E-state index >= 15 is 0 Å². The quantitative estimate of drug-likeness (QED) is 0.633. The van der Waals surface area contributed by atoms with Crippen molar-refractivity contribution in [2.75, 3.05) is 7.11 Å².